The second-order valence-corrected chi connectivity index (χ2v) is 1.98. The molecule has 0 aromatic rings. The molecule has 1 fully saturated rings. The normalized spacial score (nSPS) is 19.5. The van der Waals surface area contributed by atoms with Gasteiger partial charge < -0.3 is 5.11 Å². The Morgan fingerprint density at radius 1 is 1.62 bits per heavy atom. The van der Waals surface area contributed by atoms with Crippen LogP contribution in [-0.2, 0) is 4.79 Å². The van der Waals surface area contributed by atoms with Crippen LogP contribution >= 0.6 is 0 Å². The van der Waals surface area contributed by atoms with Crippen LogP contribution in [0.2, 0.25) is 0 Å². The molecule has 44 valence electrons. The number of ketones is 1. The highest BCUT2D eigenvalue weighted by molar-refractivity contribution is 5.93. The van der Waals surface area contributed by atoms with Crippen molar-refractivity contribution in [3.05, 3.63) is 12.3 Å². The van der Waals surface area contributed by atoms with E-state index in [1.807, 2.05) is 0 Å². The van der Waals surface area contributed by atoms with E-state index in [1.165, 1.54) is 0 Å². The first-order valence-electron chi connectivity index (χ1n) is 2.67. The first-order valence-corrected chi connectivity index (χ1v) is 2.67. The van der Waals surface area contributed by atoms with Crippen molar-refractivity contribution >= 4 is 5.78 Å². The molecule has 0 amide bonds. The monoisotopic (exact) mass is 111 g/mol. The Hall–Kier alpha value is -0.790. The van der Waals surface area contributed by atoms with Gasteiger partial charge in [0.05, 0.1) is 0 Å². The minimum absolute atomic E-state index is 0.000000000000000666. The lowest BCUT2D eigenvalue weighted by atomic mass is 10.3. The van der Waals surface area contributed by atoms with Crippen LogP contribution in [0, 0.1) is 5.92 Å². The van der Waals surface area contributed by atoms with Gasteiger partial charge in [0.15, 0.2) is 5.78 Å². The van der Waals surface area contributed by atoms with Crippen LogP contribution in [0.25, 0.3) is 0 Å². The van der Waals surface area contributed by atoms with Crippen LogP contribution in [0.4, 0.5) is 0 Å². The van der Waals surface area contributed by atoms with Crippen molar-refractivity contribution < 1.29 is 9.90 Å². The maximum atomic E-state index is 10.5. The summed E-state index contributed by atoms with van der Waals surface area (Å²) in [7, 11) is 0. The Labute approximate surface area is 47.8 Å². The third-order valence-electron chi connectivity index (χ3n) is 1.21. The van der Waals surface area contributed by atoms with Crippen LogP contribution in [0.15, 0.2) is 12.3 Å². The molecule has 0 unspecified atom stereocenters. The highest BCUT2D eigenvalue weighted by Gasteiger charge is 2.26. The fourth-order valence-corrected chi connectivity index (χ4v) is 0.571. The highest BCUT2D eigenvalue weighted by atomic mass is 16.2. The second kappa shape index (κ2) is 1.99. The lowest BCUT2D eigenvalue weighted by Gasteiger charge is -1.87. The maximum Gasteiger partial charge on any atom is 0.157 e. The van der Waals surface area contributed by atoms with Gasteiger partial charge in [0.1, 0.15) is 0 Å². The highest BCUT2D eigenvalue weighted by Crippen LogP contribution is 2.29. The molecule has 2 nitrogen and oxygen atoms in total. The van der Waals surface area contributed by atoms with Crippen LogP contribution in [-0.4, -0.2) is 5.78 Å². The summed E-state index contributed by atoms with van der Waals surface area (Å²) in [6, 6.07) is 0. The van der Waals surface area contributed by atoms with Gasteiger partial charge in [0, 0.05) is 5.92 Å². The first-order chi connectivity index (χ1) is 3.84. The predicted molar refractivity (Wildman–Crippen MR) is 26.9 cm³/mol. The molecule has 0 aliphatic heterocycles. The molecule has 0 radical (unpaired) electrons. The van der Waals surface area contributed by atoms with E-state index in [0.717, 1.165) is 18.9 Å². The Bertz CT molecular complexity index is 122. The SMILES string of the molecule is O=C(/C=C\[O-])C1CC1. The van der Waals surface area contributed by atoms with Crippen molar-refractivity contribution in [3.8, 4) is 0 Å². The largest absolute Gasteiger partial charge is 0.878 e. The third kappa shape index (κ3) is 1.09. The van der Waals surface area contributed by atoms with E-state index in [4.69, 9.17) is 0 Å². The van der Waals surface area contributed by atoms with Gasteiger partial charge in [-0.1, -0.05) is 0 Å². The molecule has 0 aromatic heterocycles. The molecule has 2 heteroatoms. The number of hydrogen-bond acceptors (Lipinski definition) is 2. The summed E-state index contributed by atoms with van der Waals surface area (Å²) >= 11 is 0. The van der Waals surface area contributed by atoms with E-state index < -0.39 is 0 Å². The van der Waals surface area contributed by atoms with E-state index in [0.29, 0.717) is 6.26 Å². The number of rotatable bonds is 2. The fraction of sp³-hybridized carbons (Fsp3) is 0.500. The average Bonchev–Trinajstić information content (AvgIpc) is 2.45. The minimum Gasteiger partial charge on any atom is -0.878 e. The first kappa shape index (κ1) is 5.35. The maximum absolute atomic E-state index is 10.5. The van der Waals surface area contributed by atoms with Gasteiger partial charge in [0.2, 0.25) is 0 Å². The van der Waals surface area contributed by atoms with Gasteiger partial charge in [-0.05, 0) is 18.9 Å². The summed E-state index contributed by atoms with van der Waals surface area (Å²) in [6.45, 7) is 0. The number of hydrogen-bond donors (Lipinski definition) is 0. The number of allylic oxidation sites excluding steroid dienone is 1. The van der Waals surface area contributed by atoms with E-state index in [9.17, 15) is 9.90 Å². The van der Waals surface area contributed by atoms with Crippen molar-refractivity contribution in [2.75, 3.05) is 0 Å². The standard InChI is InChI=1S/C6H8O2/c7-4-3-6(8)5-1-2-5/h3-5,7H,1-2H2/p-1/b4-3-. The predicted octanol–water partition coefficient (Wildman–Crippen LogP) is -0.161. The molecule has 1 aliphatic rings. The zero-order valence-electron chi connectivity index (χ0n) is 4.46. The van der Waals surface area contributed by atoms with E-state index in [-0.39, 0.29) is 11.7 Å². The minimum atomic E-state index is 0.000000000000000666. The zero-order valence-corrected chi connectivity index (χ0v) is 4.46. The van der Waals surface area contributed by atoms with Crippen LogP contribution < -0.4 is 5.11 Å². The van der Waals surface area contributed by atoms with Gasteiger partial charge in [-0.3, -0.25) is 4.79 Å². The van der Waals surface area contributed by atoms with E-state index in [2.05, 4.69) is 0 Å². The summed E-state index contributed by atoms with van der Waals surface area (Å²) < 4.78 is 0. The molecule has 0 N–H and O–H groups in total. The summed E-state index contributed by atoms with van der Waals surface area (Å²) in [5.74, 6) is 0.195. The van der Waals surface area contributed by atoms with Crippen molar-refractivity contribution in [2.45, 2.75) is 12.8 Å². The van der Waals surface area contributed by atoms with Crippen LogP contribution in [0.1, 0.15) is 12.8 Å². The van der Waals surface area contributed by atoms with E-state index >= 15 is 0 Å². The molecule has 0 spiro atoms. The topological polar surface area (TPSA) is 40.1 Å². The van der Waals surface area contributed by atoms with Gasteiger partial charge in [-0.2, -0.15) is 0 Å². The van der Waals surface area contributed by atoms with Gasteiger partial charge >= 0.3 is 0 Å². The molecular formula is C6H7O2-. The molecule has 1 aliphatic carbocycles. The molecule has 0 atom stereocenters. The summed E-state index contributed by atoms with van der Waals surface area (Å²) in [6.07, 6.45) is 3.62. The smallest absolute Gasteiger partial charge is 0.157 e. The van der Waals surface area contributed by atoms with Crippen LogP contribution in [0.3, 0.4) is 0 Å². The molecule has 0 aromatic carbocycles. The zero-order chi connectivity index (χ0) is 5.98. The Kier molecular flexibility index (Phi) is 1.33. The lowest BCUT2D eigenvalue weighted by Crippen LogP contribution is -1.97. The molecule has 0 heterocycles. The summed E-state index contributed by atoms with van der Waals surface area (Å²) in [5.41, 5.74) is 0. The molecule has 1 saturated carbocycles. The van der Waals surface area contributed by atoms with Gasteiger partial charge in [-0.15, -0.1) is 6.26 Å². The number of carbonyl (C=O) groups is 1. The second-order valence-electron chi connectivity index (χ2n) is 1.98. The molecule has 0 saturated heterocycles. The van der Waals surface area contributed by atoms with E-state index in [1.54, 1.807) is 0 Å². The van der Waals surface area contributed by atoms with Crippen molar-refractivity contribution in [1.82, 2.24) is 0 Å². The third-order valence-corrected chi connectivity index (χ3v) is 1.21. The van der Waals surface area contributed by atoms with Gasteiger partial charge in [0.25, 0.3) is 0 Å². The Morgan fingerprint density at radius 3 is 2.62 bits per heavy atom. The fourth-order valence-electron chi connectivity index (χ4n) is 0.571. The molecule has 0 bridgehead atoms. The summed E-state index contributed by atoms with van der Waals surface area (Å²) in [5, 5.41) is 9.67. The summed E-state index contributed by atoms with van der Waals surface area (Å²) in [4.78, 5) is 10.5. The number of carbonyl (C=O) groups excluding carboxylic acids is 1. The van der Waals surface area contributed by atoms with Crippen molar-refractivity contribution in [3.63, 3.8) is 0 Å². The average molecular weight is 111 g/mol. The molecular weight excluding hydrogens is 104 g/mol. The van der Waals surface area contributed by atoms with Crippen LogP contribution in [0.5, 0.6) is 0 Å². The molecule has 8 heavy (non-hydrogen) atoms. The van der Waals surface area contributed by atoms with Gasteiger partial charge in [-0.25, -0.2) is 0 Å². The van der Waals surface area contributed by atoms with Crippen molar-refractivity contribution in [1.29, 1.82) is 0 Å². The lowest BCUT2D eigenvalue weighted by molar-refractivity contribution is -0.274. The quantitative estimate of drug-likeness (QED) is 0.367. The molecule has 1 rings (SSSR count). The Morgan fingerprint density at radius 2 is 2.25 bits per heavy atom. The van der Waals surface area contributed by atoms with Crippen molar-refractivity contribution in [2.24, 2.45) is 5.92 Å². The Balaban J connectivity index is 2.33.